The van der Waals surface area contributed by atoms with Crippen molar-refractivity contribution in [2.75, 3.05) is 13.1 Å². The lowest BCUT2D eigenvalue weighted by Crippen LogP contribution is -2.40. The number of hydrogen-bond donors (Lipinski definition) is 1. The minimum absolute atomic E-state index is 0.216. The van der Waals surface area contributed by atoms with E-state index < -0.39 is 0 Å². The van der Waals surface area contributed by atoms with E-state index in [0.717, 1.165) is 6.54 Å². The lowest BCUT2D eigenvalue weighted by molar-refractivity contribution is -0.130. The molecule has 1 N–H and O–H groups in total. The lowest BCUT2D eigenvalue weighted by Gasteiger charge is -2.22. The van der Waals surface area contributed by atoms with Crippen molar-refractivity contribution < 1.29 is 4.79 Å². The highest BCUT2D eigenvalue weighted by Crippen LogP contribution is 2.26. The van der Waals surface area contributed by atoms with Gasteiger partial charge in [0.05, 0.1) is 6.54 Å². The standard InChI is InChI=1S/C15H22N2O/c1-3-17(14-9-10-14)15(18)11-16-12(2)13-7-5-4-6-8-13/h4-8,12,14,16H,3,9-11H2,1-2H3/t12-/m0/s1. The van der Waals surface area contributed by atoms with Crippen molar-refractivity contribution in [1.82, 2.24) is 10.2 Å². The first kappa shape index (κ1) is 13.1. The third kappa shape index (κ3) is 3.33. The van der Waals surface area contributed by atoms with Gasteiger partial charge in [0.2, 0.25) is 5.91 Å². The summed E-state index contributed by atoms with van der Waals surface area (Å²) in [4.78, 5) is 14.0. The number of amides is 1. The first-order valence-corrected chi connectivity index (χ1v) is 6.80. The van der Waals surface area contributed by atoms with Crippen LogP contribution in [0.1, 0.15) is 38.3 Å². The van der Waals surface area contributed by atoms with Crippen LogP contribution in [0.2, 0.25) is 0 Å². The van der Waals surface area contributed by atoms with E-state index in [1.165, 1.54) is 18.4 Å². The van der Waals surface area contributed by atoms with Crippen LogP contribution in [0.25, 0.3) is 0 Å². The maximum absolute atomic E-state index is 12.1. The summed E-state index contributed by atoms with van der Waals surface area (Å²) in [6, 6.07) is 11.0. The van der Waals surface area contributed by atoms with Gasteiger partial charge in [-0.25, -0.2) is 0 Å². The average molecular weight is 246 g/mol. The van der Waals surface area contributed by atoms with Crippen molar-refractivity contribution in [1.29, 1.82) is 0 Å². The van der Waals surface area contributed by atoms with Gasteiger partial charge < -0.3 is 10.2 Å². The molecular weight excluding hydrogens is 224 g/mol. The first-order valence-electron chi connectivity index (χ1n) is 6.80. The summed E-state index contributed by atoms with van der Waals surface area (Å²) in [7, 11) is 0. The zero-order valence-electron chi connectivity index (χ0n) is 11.2. The van der Waals surface area contributed by atoms with Crippen LogP contribution in [0.3, 0.4) is 0 Å². The monoisotopic (exact) mass is 246 g/mol. The van der Waals surface area contributed by atoms with Gasteiger partial charge >= 0.3 is 0 Å². The number of rotatable bonds is 6. The molecule has 0 spiro atoms. The smallest absolute Gasteiger partial charge is 0.236 e. The molecule has 1 aliphatic rings. The summed E-state index contributed by atoms with van der Waals surface area (Å²) in [5, 5.41) is 3.30. The van der Waals surface area contributed by atoms with E-state index in [9.17, 15) is 4.79 Å². The molecule has 2 rings (SSSR count). The van der Waals surface area contributed by atoms with Crippen LogP contribution in [0.4, 0.5) is 0 Å². The Bertz CT molecular complexity index is 387. The van der Waals surface area contributed by atoms with Crippen molar-refractivity contribution in [3.63, 3.8) is 0 Å². The largest absolute Gasteiger partial charge is 0.339 e. The van der Waals surface area contributed by atoms with Crippen molar-refractivity contribution in [2.45, 2.75) is 38.8 Å². The molecule has 1 fully saturated rings. The summed E-state index contributed by atoms with van der Waals surface area (Å²) in [5.41, 5.74) is 1.22. The third-order valence-corrected chi connectivity index (χ3v) is 3.51. The minimum Gasteiger partial charge on any atom is -0.339 e. The highest BCUT2D eigenvalue weighted by Gasteiger charge is 2.30. The molecule has 1 aromatic rings. The van der Waals surface area contributed by atoms with Crippen molar-refractivity contribution in [3.05, 3.63) is 35.9 Å². The first-order chi connectivity index (χ1) is 8.72. The number of nitrogens with one attached hydrogen (secondary N) is 1. The lowest BCUT2D eigenvalue weighted by atomic mass is 10.1. The highest BCUT2D eigenvalue weighted by atomic mass is 16.2. The molecule has 1 aliphatic carbocycles. The molecule has 0 bridgehead atoms. The van der Waals surface area contributed by atoms with Crippen LogP contribution < -0.4 is 5.32 Å². The summed E-state index contributed by atoms with van der Waals surface area (Å²) < 4.78 is 0. The van der Waals surface area contributed by atoms with Crippen molar-refractivity contribution in [2.24, 2.45) is 0 Å². The highest BCUT2D eigenvalue weighted by molar-refractivity contribution is 5.79. The molecule has 0 aliphatic heterocycles. The predicted octanol–water partition coefficient (Wildman–Crippen LogP) is 2.35. The van der Waals surface area contributed by atoms with Gasteiger partial charge in [-0.2, -0.15) is 0 Å². The van der Waals surface area contributed by atoms with E-state index in [0.29, 0.717) is 12.6 Å². The number of carbonyl (C=O) groups excluding carboxylic acids is 1. The summed E-state index contributed by atoms with van der Waals surface area (Å²) in [5.74, 6) is 0.225. The van der Waals surface area contributed by atoms with Gasteiger partial charge in [0.1, 0.15) is 0 Å². The quantitative estimate of drug-likeness (QED) is 0.835. The summed E-state index contributed by atoms with van der Waals surface area (Å²) in [6.45, 7) is 5.40. The van der Waals surface area contributed by atoms with E-state index in [4.69, 9.17) is 0 Å². The number of benzene rings is 1. The fourth-order valence-electron chi connectivity index (χ4n) is 2.23. The Morgan fingerprint density at radius 2 is 2.06 bits per heavy atom. The van der Waals surface area contributed by atoms with E-state index in [1.54, 1.807) is 0 Å². The van der Waals surface area contributed by atoms with Crippen LogP contribution in [-0.2, 0) is 4.79 Å². The Hall–Kier alpha value is -1.35. The Morgan fingerprint density at radius 1 is 1.39 bits per heavy atom. The van der Waals surface area contributed by atoms with Gasteiger partial charge in [0.15, 0.2) is 0 Å². The Labute approximate surface area is 109 Å². The van der Waals surface area contributed by atoms with E-state index in [-0.39, 0.29) is 11.9 Å². The molecule has 1 aromatic carbocycles. The Balaban J connectivity index is 1.82. The topological polar surface area (TPSA) is 32.3 Å². The van der Waals surface area contributed by atoms with E-state index in [1.807, 2.05) is 23.1 Å². The van der Waals surface area contributed by atoms with Crippen LogP contribution in [0.15, 0.2) is 30.3 Å². The van der Waals surface area contributed by atoms with Crippen LogP contribution in [0.5, 0.6) is 0 Å². The average Bonchev–Trinajstić information content (AvgIpc) is 3.22. The fourth-order valence-corrected chi connectivity index (χ4v) is 2.23. The second-order valence-corrected chi connectivity index (χ2v) is 4.92. The van der Waals surface area contributed by atoms with Gasteiger partial charge in [-0.1, -0.05) is 30.3 Å². The second-order valence-electron chi connectivity index (χ2n) is 4.92. The van der Waals surface area contributed by atoms with E-state index >= 15 is 0 Å². The maximum atomic E-state index is 12.1. The third-order valence-electron chi connectivity index (χ3n) is 3.51. The zero-order valence-corrected chi connectivity index (χ0v) is 11.2. The van der Waals surface area contributed by atoms with Gasteiger partial charge in [-0.05, 0) is 32.3 Å². The van der Waals surface area contributed by atoms with Crippen molar-refractivity contribution in [3.8, 4) is 0 Å². The van der Waals surface area contributed by atoms with Crippen LogP contribution >= 0.6 is 0 Å². The molecule has 0 unspecified atom stereocenters. The van der Waals surface area contributed by atoms with Crippen molar-refractivity contribution >= 4 is 5.91 Å². The van der Waals surface area contributed by atoms with Gasteiger partial charge in [0.25, 0.3) is 0 Å². The zero-order chi connectivity index (χ0) is 13.0. The van der Waals surface area contributed by atoms with Gasteiger partial charge in [0, 0.05) is 18.6 Å². The predicted molar refractivity (Wildman–Crippen MR) is 73.3 cm³/mol. The Kier molecular flexibility index (Phi) is 4.37. The molecule has 1 atom stereocenters. The van der Waals surface area contributed by atoms with Crippen LogP contribution in [-0.4, -0.2) is 29.9 Å². The fraction of sp³-hybridized carbons (Fsp3) is 0.533. The normalized spacial score (nSPS) is 16.3. The van der Waals surface area contributed by atoms with E-state index in [2.05, 4.69) is 31.3 Å². The second kappa shape index (κ2) is 6.01. The molecule has 0 saturated heterocycles. The molecule has 0 aromatic heterocycles. The molecular formula is C15H22N2O. The van der Waals surface area contributed by atoms with Gasteiger partial charge in [-0.3, -0.25) is 4.79 Å². The molecule has 3 heteroatoms. The summed E-state index contributed by atoms with van der Waals surface area (Å²) >= 11 is 0. The van der Waals surface area contributed by atoms with Crippen LogP contribution in [0, 0.1) is 0 Å². The summed E-state index contributed by atoms with van der Waals surface area (Å²) in [6.07, 6.45) is 2.35. The molecule has 3 nitrogen and oxygen atoms in total. The molecule has 18 heavy (non-hydrogen) atoms. The molecule has 1 saturated carbocycles. The maximum Gasteiger partial charge on any atom is 0.236 e. The Morgan fingerprint density at radius 3 is 2.61 bits per heavy atom. The minimum atomic E-state index is 0.216. The molecule has 1 amide bonds. The number of carbonyl (C=O) groups is 1. The number of likely N-dealkylation sites (N-methyl/N-ethyl adjacent to an activating group) is 1. The molecule has 98 valence electrons. The number of hydrogen-bond acceptors (Lipinski definition) is 2. The van der Waals surface area contributed by atoms with Gasteiger partial charge in [-0.15, -0.1) is 0 Å². The molecule has 0 heterocycles. The molecule has 0 radical (unpaired) electrons. The SMILES string of the molecule is CCN(C(=O)CN[C@@H](C)c1ccccc1)C1CC1. The number of nitrogens with zero attached hydrogens (tertiary/aromatic N) is 1.